The van der Waals surface area contributed by atoms with E-state index in [4.69, 9.17) is 4.74 Å². The fraction of sp³-hybridized carbons (Fsp3) is 0.333. The molecule has 0 radical (unpaired) electrons. The van der Waals surface area contributed by atoms with Crippen LogP contribution in [0.5, 0.6) is 11.5 Å². The van der Waals surface area contributed by atoms with E-state index in [-0.39, 0.29) is 5.91 Å². The lowest BCUT2D eigenvalue weighted by atomic mass is 9.83. The Labute approximate surface area is 206 Å². The summed E-state index contributed by atoms with van der Waals surface area (Å²) in [4.78, 5) is 19.2. The summed E-state index contributed by atoms with van der Waals surface area (Å²) in [6, 6.07) is 17.6. The van der Waals surface area contributed by atoms with Gasteiger partial charge in [-0.15, -0.1) is 0 Å². The number of amides is 1. The topological polar surface area (TPSA) is 54.5 Å². The molecule has 2 aromatic carbocycles. The number of piperidine rings is 1. The quantitative estimate of drug-likeness (QED) is 0.398. The van der Waals surface area contributed by atoms with E-state index in [1.54, 1.807) is 6.20 Å². The third-order valence-corrected chi connectivity index (χ3v) is 7.69. The van der Waals surface area contributed by atoms with Gasteiger partial charge < -0.3 is 15.0 Å². The minimum absolute atomic E-state index is 0.0493. The molecule has 35 heavy (non-hydrogen) atoms. The predicted molar refractivity (Wildman–Crippen MR) is 139 cm³/mol. The molecule has 3 aliphatic heterocycles. The van der Waals surface area contributed by atoms with E-state index >= 15 is 0 Å². The van der Waals surface area contributed by atoms with Crippen LogP contribution in [0.3, 0.4) is 0 Å². The number of aromatic nitrogens is 1. The maximum Gasteiger partial charge on any atom is 0.253 e. The summed E-state index contributed by atoms with van der Waals surface area (Å²) in [7, 11) is 0. The summed E-state index contributed by atoms with van der Waals surface area (Å²) in [5.74, 6) is 1.68. The largest absolute Gasteiger partial charge is 0.456 e. The van der Waals surface area contributed by atoms with Gasteiger partial charge in [0, 0.05) is 59.8 Å². The van der Waals surface area contributed by atoms with Crippen LogP contribution >= 0.6 is 0 Å². The number of rotatable bonds is 4. The van der Waals surface area contributed by atoms with Crippen molar-refractivity contribution in [1.82, 2.24) is 15.2 Å². The average Bonchev–Trinajstić information content (AvgIpc) is 3.24. The minimum atomic E-state index is 0.0493. The van der Waals surface area contributed by atoms with Crippen LogP contribution in [0.15, 0.2) is 66.5 Å². The first kappa shape index (κ1) is 22.1. The number of fused-ring (bicyclic) bond motifs is 4. The second kappa shape index (κ2) is 8.97. The summed E-state index contributed by atoms with van der Waals surface area (Å²) in [6.45, 7) is 5.41. The third-order valence-electron chi connectivity index (χ3n) is 7.69. The van der Waals surface area contributed by atoms with Crippen molar-refractivity contribution in [2.75, 3.05) is 13.1 Å². The van der Waals surface area contributed by atoms with Gasteiger partial charge in [0.1, 0.15) is 11.5 Å². The SMILES string of the molecule is CCN(CC)C(=O)c1ccc2c(c1)Oc1ccc(-c3cccnc3)cc1C2=C1CC2CCC(C1)N2. The Balaban J connectivity index is 1.49. The van der Waals surface area contributed by atoms with Crippen LogP contribution in [0.4, 0.5) is 0 Å². The van der Waals surface area contributed by atoms with Gasteiger partial charge in [-0.2, -0.15) is 0 Å². The van der Waals surface area contributed by atoms with E-state index in [0.29, 0.717) is 30.7 Å². The molecule has 0 aliphatic carbocycles. The number of benzene rings is 2. The molecular formula is C30H31N3O2. The molecule has 4 heterocycles. The zero-order chi connectivity index (χ0) is 23.9. The molecule has 1 amide bonds. The maximum absolute atomic E-state index is 13.1. The number of nitrogens with zero attached hydrogens (tertiary/aromatic N) is 2. The van der Waals surface area contributed by atoms with Crippen LogP contribution in [0.25, 0.3) is 16.7 Å². The Kier molecular flexibility index (Phi) is 5.65. The average molecular weight is 466 g/mol. The molecular weight excluding hydrogens is 434 g/mol. The molecule has 2 bridgehead atoms. The van der Waals surface area contributed by atoms with Crippen molar-refractivity contribution in [2.24, 2.45) is 0 Å². The monoisotopic (exact) mass is 465 g/mol. The van der Waals surface area contributed by atoms with Gasteiger partial charge in [-0.25, -0.2) is 0 Å². The highest BCUT2D eigenvalue weighted by Crippen LogP contribution is 2.49. The summed E-state index contributed by atoms with van der Waals surface area (Å²) < 4.78 is 6.46. The standard InChI is InChI=1S/C30H31N3O2/c1-3-33(4-2)30(34)20-7-11-25-28(17-20)35-27-12-8-19(21-6-5-13-31-18-21)16-26(27)29(25)22-14-23-9-10-24(15-22)32-23/h5-8,11-13,16-18,23-24,32H,3-4,9-10,14-15H2,1-2H3. The summed E-state index contributed by atoms with van der Waals surface area (Å²) in [5, 5.41) is 3.77. The van der Waals surface area contributed by atoms with Crippen molar-refractivity contribution < 1.29 is 9.53 Å². The van der Waals surface area contributed by atoms with E-state index in [0.717, 1.165) is 46.6 Å². The molecule has 3 aromatic rings. The van der Waals surface area contributed by atoms with Gasteiger partial charge in [-0.3, -0.25) is 9.78 Å². The summed E-state index contributed by atoms with van der Waals surface area (Å²) >= 11 is 0. The molecule has 2 atom stereocenters. The number of hydrogen-bond donors (Lipinski definition) is 1. The molecule has 1 N–H and O–H groups in total. The molecule has 2 unspecified atom stereocenters. The smallest absolute Gasteiger partial charge is 0.253 e. The van der Waals surface area contributed by atoms with Gasteiger partial charge in [-0.05, 0) is 87.1 Å². The molecule has 1 aromatic heterocycles. The molecule has 178 valence electrons. The zero-order valence-electron chi connectivity index (χ0n) is 20.4. The Morgan fingerprint density at radius 1 is 0.971 bits per heavy atom. The van der Waals surface area contributed by atoms with E-state index in [1.165, 1.54) is 24.0 Å². The second-order valence-corrected chi connectivity index (χ2v) is 9.77. The van der Waals surface area contributed by atoms with Gasteiger partial charge in [0.05, 0.1) is 0 Å². The molecule has 5 heteroatoms. The first-order valence-corrected chi connectivity index (χ1v) is 12.8. The predicted octanol–water partition coefficient (Wildman–Crippen LogP) is 6.05. The number of carbonyl (C=O) groups is 1. The van der Waals surface area contributed by atoms with Crippen LogP contribution in [0.2, 0.25) is 0 Å². The minimum Gasteiger partial charge on any atom is -0.456 e. The van der Waals surface area contributed by atoms with Gasteiger partial charge in [0.15, 0.2) is 0 Å². The van der Waals surface area contributed by atoms with Crippen LogP contribution in [-0.4, -0.2) is 41.0 Å². The lowest BCUT2D eigenvalue weighted by Crippen LogP contribution is -2.35. The maximum atomic E-state index is 13.1. The molecule has 2 fully saturated rings. The van der Waals surface area contributed by atoms with Gasteiger partial charge in [-0.1, -0.05) is 17.7 Å². The first-order valence-electron chi connectivity index (χ1n) is 12.8. The highest BCUT2D eigenvalue weighted by molar-refractivity contribution is 5.97. The third kappa shape index (κ3) is 3.94. The van der Waals surface area contributed by atoms with Crippen LogP contribution in [-0.2, 0) is 0 Å². The number of pyridine rings is 1. The molecule has 5 nitrogen and oxygen atoms in total. The number of hydrogen-bond acceptors (Lipinski definition) is 4. The molecule has 2 saturated heterocycles. The Hall–Kier alpha value is -3.44. The van der Waals surface area contributed by atoms with Gasteiger partial charge in [0.25, 0.3) is 5.91 Å². The van der Waals surface area contributed by atoms with Crippen LogP contribution < -0.4 is 10.1 Å². The Morgan fingerprint density at radius 2 is 1.77 bits per heavy atom. The van der Waals surface area contributed by atoms with Crippen LogP contribution in [0, 0.1) is 0 Å². The van der Waals surface area contributed by atoms with Crippen molar-refractivity contribution >= 4 is 11.5 Å². The summed E-state index contributed by atoms with van der Waals surface area (Å²) in [6.07, 6.45) is 8.30. The highest BCUT2D eigenvalue weighted by Gasteiger charge is 2.34. The van der Waals surface area contributed by atoms with E-state index in [1.807, 2.05) is 43.1 Å². The van der Waals surface area contributed by atoms with Crippen molar-refractivity contribution in [2.45, 2.75) is 51.6 Å². The second-order valence-electron chi connectivity index (χ2n) is 9.77. The highest BCUT2D eigenvalue weighted by atomic mass is 16.5. The fourth-order valence-corrected chi connectivity index (χ4v) is 5.92. The van der Waals surface area contributed by atoms with Crippen molar-refractivity contribution in [3.63, 3.8) is 0 Å². The van der Waals surface area contributed by atoms with E-state index < -0.39 is 0 Å². The van der Waals surface area contributed by atoms with Crippen molar-refractivity contribution in [3.8, 4) is 22.6 Å². The van der Waals surface area contributed by atoms with Gasteiger partial charge >= 0.3 is 0 Å². The van der Waals surface area contributed by atoms with E-state index in [2.05, 4.69) is 40.6 Å². The van der Waals surface area contributed by atoms with Gasteiger partial charge in [0.2, 0.25) is 0 Å². The van der Waals surface area contributed by atoms with Crippen molar-refractivity contribution in [3.05, 3.63) is 83.2 Å². The van der Waals surface area contributed by atoms with E-state index in [9.17, 15) is 4.79 Å². The van der Waals surface area contributed by atoms with Crippen LogP contribution in [0.1, 0.15) is 61.0 Å². The number of nitrogens with one attached hydrogen (secondary N) is 1. The lowest BCUT2D eigenvalue weighted by Gasteiger charge is -2.31. The Morgan fingerprint density at radius 3 is 2.49 bits per heavy atom. The number of ether oxygens (including phenoxy) is 1. The first-order chi connectivity index (χ1) is 17.1. The van der Waals surface area contributed by atoms with Crippen molar-refractivity contribution in [1.29, 1.82) is 0 Å². The lowest BCUT2D eigenvalue weighted by molar-refractivity contribution is 0.0772. The number of carbonyl (C=O) groups excluding carboxylic acids is 1. The molecule has 3 aliphatic rings. The fourth-order valence-electron chi connectivity index (χ4n) is 5.92. The summed E-state index contributed by atoms with van der Waals surface area (Å²) in [5.41, 5.74) is 7.91. The molecule has 0 saturated carbocycles. The Bertz CT molecular complexity index is 1300. The zero-order valence-corrected chi connectivity index (χ0v) is 20.4. The molecule has 6 rings (SSSR count). The molecule has 0 spiro atoms. The normalized spacial score (nSPS) is 20.2.